The highest BCUT2D eigenvalue weighted by atomic mass is 16.5. The zero-order valence-electron chi connectivity index (χ0n) is 19.8. The van der Waals surface area contributed by atoms with Gasteiger partial charge in [-0.3, -0.25) is 9.59 Å². The lowest BCUT2D eigenvalue weighted by molar-refractivity contribution is -0.153. The molecule has 0 heterocycles. The Kier molecular flexibility index (Phi) is 17.9. The molecule has 0 aliphatic heterocycles. The molecule has 0 saturated heterocycles. The third-order valence-electron chi connectivity index (χ3n) is 6.12. The van der Waals surface area contributed by atoms with E-state index in [2.05, 4.69) is 6.92 Å². The predicted octanol–water partition coefficient (Wildman–Crippen LogP) is 7.67. The molecule has 1 aliphatic rings. The molecule has 4 heteroatoms. The first-order valence-corrected chi connectivity index (χ1v) is 13.1. The van der Waals surface area contributed by atoms with E-state index in [0.29, 0.717) is 32.3 Å². The van der Waals surface area contributed by atoms with Crippen molar-refractivity contribution in [3.05, 3.63) is 0 Å². The van der Waals surface area contributed by atoms with Crippen LogP contribution in [0.1, 0.15) is 142 Å². The Labute approximate surface area is 185 Å². The predicted molar refractivity (Wildman–Crippen MR) is 123 cm³/mol. The Morgan fingerprint density at radius 2 is 1.10 bits per heavy atom. The summed E-state index contributed by atoms with van der Waals surface area (Å²) in [4.78, 5) is 23.3. The van der Waals surface area contributed by atoms with Gasteiger partial charge in [0.15, 0.2) is 0 Å². The Balaban J connectivity index is 1.73. The molecule has 0 aromatic carbocycles. The normalized spacial score (nSPS) is 13.8. The topological polar surface area (TPSA) is 52.6 Å². The minimum absolute atomic E-state index is 0.115. The van der Waals surface area contributed by atoms with Crippen LogP contribution in [0.4, 0.5) is 0 Å². The molecule has 4 nitrogen and oxygen atoms in total. The lowest BCUT2D eigenvalue weighted by Gasteiger charge is -2.25. The van der Waals surface area contributed by atoms with Crippen LogP contribution in [0.5, 0.6) is 0 Å². The van der Waals surface area contributed by atoms with Crippen LogP contribution in [0.3, 0.4) is 0 Å². The zero-order valence-corrected chi connectivity index (χ0v) is 19.8. The minimum atomic E-state index is -0.128. The molecular formula is C26H48O4. The summed E-state index contributed by atoms with van der Waals surface area (Å²) in [6.07, 6.45) is 24.2. The van der Waals surface area contributed by atoms with Crippen molar-refractivity contribution in [2.75, 3.05) is 6.61 Å². The van der Waals surface area contributed by atoms with Crippen LogP contribution in [0.15, 0.2) is 0 Å². The van der Waals surface area contributed by atoms with Gasteiger partial charge in [0.05, 0.1) is 6.61 Å². The van der Waals surface area contributed by atoms with Gasteiger partial charge in [-0.05, 0) is 38.5 Å². The Bertz CT molecular complexity index is 417. The zero-order chi connectivity index (χ0) is 21.7. The number of esters is 2. The molecule has 0 aromatic heterocycles. The Morgan fingerprint density at radius 1 is 0.633 bits per heavy atom. The van der Waals surface area contributed by atoms with Gasteiger partial charge in [-0.25, -0.2) is 0 Å². The van der Waals surface area contributed by atoms with E-state index in [4.69, 9.17) is 9.47 Å². The number of rotatable bonds is 21. The maximum atomic E-state index is 11.7. The molecule has 0 bridgehead atoms. The van der Waals surface area contributed by atoms with Gasteiger partial charge in [0, 0.05) is 12.8 Å². The van der Waals surface area contributed by atoms with E-state index in [1.165, 1.54) is 83.5 Å². The number of hydrogen-bond donors (Lipinski definition) is 0. The molecule has 1 saturated carbocycles. The van der Waals surface area contributed by atoms with E-state index in [1.54, 1.807) is 0 Å². The second-order valence-electron chi connectivity index (χ2n) is 9.07. The van der Waals surface area contributed by atoms with Crippen molar-refractivity contribution in [3.63, 3.8) is 0 Å². The second kappa shape index (κ2) is 19.9. The number of ether oxygens (including phenoxy) is 2. The van der Waals surface area contributed by atoms with Gasteiger partial charge in [-0.2, -0.15) is 0 Å². The van der Waals surface area contributed by atoms with Crippen molar-refractivity contribution in [2.45, 2.75) is 148 Å². The van der Waals surface area contributed by atoms with Gasteiger partial charge in [-0.1, -0.05) is 90.4 Å². The SMILES string of the molecule is CCCCCCCCCCCCCCCCOC(=O)CCCCC(=O)OC1CCC1. The van der Waals surface area contributed by atoms with Crippen LogP contribution in [-0.2, 0) is 19.1 Å². The van der Waals surface area contributed by atoms with E-state index in [1.807, 2.05) is 0 Å². The molecule has 1 aliphatic carbocycles. The fourth-order valence-electron chi connectivity index (χ4n) is 3.83. The third-order valence-corrected chi connectivity index (χ3v) is 6.12. The van der Waals surface area contributed by atoms with E-state index in [-0.39, 0.29) is 18.0 Å². The molecule has 0 N–H and O–H groups in total. The average molecular weight is 425 g/mol. The molecule has 30 heavy (non-hydrogen) atoms. The number of carbonyl (C=O) groups excluding carboxylic acids is 2. The van der Waals surface area contributed by atoms with Crippen molar-refractivity contribution in [2.24, 2.45) is 0 Å². The lowest BCUT2D eigenvalue weighted by atomic mass is 9.96. The summed E-state index contributed by atoms with van der Waals surface area (Å²) in [6.45, 7) is 2.81. The molecule has 0 unspecified atom stereocenters. The van der Waals surface area contributed by atoms with Crippen LogP contribution in [-0.4, -0.2) is 24.6 Å². The van der Waals surface area contributed by atoms with Crippen LogP contribution in [0.2, 0.25) is 0 Å². The van der Waals surface area contributed by atoms with E-state index in [0.717, 1.165) is 25.7 Å². The summed E-state index contributed by atoms with van der Waals surface area (Å²) < 4.78 is 10.6. The van der Waals surface area contributed by atoms with E-state index >= 15 is 0 Å². The molecule has 0 amide bonds. The first-order valence-electron chi connectivity index (χ1n) is 13.1. The molecule has 1 fully saturated rings. The largest absolute Gasteiger partial charge is 0.466 e. The summed E-state index contributed by atoms with van der Waals surface area (Å²) in [5, 5.41) is 0. The van der Waals surface area contributed by atoms with E-state index < -0.39 is 0 Å². The van der Waals surface area contributed by atoms with Crippen molar-refractivity contribution in [3.8, 4) is 0 Å². The molecule has 1 rings (SSSR count). The van der Waals surface area contributed by atoms with Crippen LogP contribution in [0.25, 0.3) is 0 Å². The summed E-state index contributed by atoms with van der Waals surface area (Å²) in [7, 11) is 0. The Hall–Kier alpha value is -1.06. The van der Waals surface area contributed by atoms with Gasteiger partial charge >= 0.3 is 11.9 Å². The lowest BCUT2D eigenvalue weighted by Crippen LogP contribution is -2.24. The van der Waals surface area contributed by atoms with Crippen molar-refractivity contribution >= 4 is 11.9 Å². The van der Waals surface area contributed by atoms with Crippen LogP contribution < -0.4 is 0 Å². The Morgan fingerprint density at radius 3 is 1.57 bits per heavy atom. The standard InChI is InChI=1S/C26H48O4/c1-2-3-4-5-6-7-8-9-10-11-12-13-14-17-23-29-25(27)21-15-16-22-26(28)30-24-19-18-20-24/h24H,2-23H2,1H3. The van der Waals surface area contributed by atoms with Crippen molar-refractivity contribution < 1.29 is 19.1 Å². The highest BCUT2D eigenvalue weighted by molar-refractivity contribution is 5.70. The van der Waals surface area contributed by atoms with Gasteiger partial charge < -0.3 is 9.47 Å². The quantitative estimate of drug-likeness (QED) is 0.140. The smallest absolute Gasteiger partial charge is 0.306 e. The summed E-state index contributed by atoms with van der Waals surface area (Å²) >= 11 is 0. The highest BCUT2D eigenvalue weighted by Gasteiger charge is 2.21. The second-order valence-corrected chi connectivity index (χ2v) is 9.07. The van der Waals surface area contributed by atoms with Gasteiger partial charge in [-0.15, -0.1) is 0 Å². The van der Waals surface area contributed by atoms with E-state index in [9.17, 15) is 9.59 Å². The molecule has 0 spiro atoms. The number of hydrogen-bond acceptors (Lipinski definition) is 4. The summed E-state index contributed by atoms with van der Waals surface area (Å²) in [5.41, 5.74) is 0. The summed E-state index contributed by atoms with van der Waals surface area (Å²) in [6, 6.07) is 0. The first kappa shape index (κ1) is 27.0. The summed E-state index contributed by atoms with van der Waals surface area (Å²) in [5.74, 6) is -0.243. The van der Waals surface area contributed by atoms with Gasteiger partial charge in [0.25, 0.3) is 0 Å². The van der Waals surface area contributed by atoms with Crippen molar-refractivity contribution in [1.82, 2.24) is 0 Å². The van der Waals surface area contributed by atoms with Gasteiger partial charge in [0.2, 0.25) is 0 Å². The van der Waals surface area contributed by atoms with Crippen molar-refractivity contribution in [1.29, 1.82) is 0 Å². The number of carbonyl (C=O) groups is 2. The fraction of sp³-hybridized carbons (Fsp3) is 0.923. The molecule has 0 radical (unpaired) electrons. The molecular weight excluding hydrogens is 376 g/mol. The van der Waals surface area contributed by atoms with Crippen LogP contribution in [0, 0.1) is 0 Å². The average Bonchev–Trinajstić information content (AvgIpc) is 2.71. The monoisotopic (exact) mass is 424 g/mol. The minimum Gasteiger partial charge on any atom is -0.466 e. The maximum absolute atomic E-state index is 11.7. The molecule has 0 aromatic rings. The maximum Gasteiger partial charge on any atom is 0.306 e. The van der Waals surface area contributed by atoms with Crippen LogP contribution >= 0.6 is 0 Å². The van der Waals surface area contributed by atoms with Gasteiger partial charge in [0.1, 0.15) is 6.10 Å². The highest BCUT2D eigenvalue weighted by Crippen LogP contribution is 2.22. The first-order chi connectivity index (χ1) is 14.7. The third kappa shape index (κ3) is 16.7. The number of unbranched alkanes of at least 4 members (excludes halogenated alkanes) is 14. The fourth-order valence-corrected chi connectivity index (χ4v) is 3.83. The molecule has 176 valence electrons. The molecule has 0 atom stereocenters.